The molecule has 7 heteroatoms. The van der Waals surface area contributed by atoms with E-state index in [2.05, 4.69) is 15.3 Å². The zero-order chi connectivity index (χ0) is 15.1. The number of nitrogens with zero attached hydrogens (tertiary/aromatic N) is 2. The number of carboxylic acid groups (broad SMARTS) is 1. The molecule has 116 valence electrons. The third-order valence-electron chi connectivity index (χ3n) is 3.72. The summed E-state index contributed by atoms with van der Waals surface area (Å²) in [7, 11) is 0. The lowest BCUT2D eigenvalue weighted by Crippen LogP contribution is -2.49. The molecule has 2 heterocycles. The first kappa shape index (κ1) is 15.3. The van der Waals surface area contributed by atoms with Crippen molar-refractivity contribution in [3.05, 3.63) is 18.2 Å². The second-order valence-electron chi connectivity index (χ2n) is 5.38. The summed E-state index contributed by atoms with van der Waals surface area (Å²) in [6, 6.07) is -1.23. The van der Waals surface area contributed by atoms with Crippen LogP contribution in [0.3, 0.4) is 0 Å². The van der Waals surface area contributed by atoms with Crippen molar-refractivity contribution in [2.24, 2.45) is 0 Å². The first-order chi connectivity index (χ1) is 10.2. The first-order valence-electron chi connectivity index (χ1n) is 7.42. The fourth-order valence-corrected chi connectivity index (χ4v) is 2.51. The molecule has 0 unspecified atom stereocenters. The zero-order valence-electron chi connectivity index (χ0n) is 12.0. The molecule has 1 aromatic rings. The molecular weight excluding hydrogens is 272 g/mol. The van der Waals surface area contributed by atoms with Gasteiger partial charge in [-0.3, -0.25) is 0 Å². The predicted octanol–water partition coefficient (Wildman–Crippen LogP) is 1.38. The van der Waals surface area contributed by atoms with E-state index in [0.717, 1.165) is 25.7 Å². The topological polar surface area (TPSA) is 98.3 Å². The van der Waals surface area contributed by atoms with Crippen molar-refractivity contribution in [1.82, 2.24) is 20.2 Å². The monoisotopic (exact) mass is 294 g/mol. The Kier molecular flexibility index (Phi) is 5.59. The predicted molar refractivity (Wildman–Crippen MR) is 76.9 cm³/mol. The summed E-state index contributed by atoms with van der Waals surface area (Å²) in [6.45, 7) is 1.39. The minimum atomic E-state index is -1.04. The van der Waals surface area contributed by atoms with Gasteiger partial charge in [-0.25, -0.2) is 14.6 Å². The zero-order valence-corrected chi connectivity index (χ0v) is 12.0. The number of carboxylic acids is 1. The quantitative estimate of drug-likeness (QED) is 0.781. The number of hydrogen-bond donors (Lipinski definition) is 3. The number of amides is 2. The molecule has 0 bridgehead atoms. The molecule has 0 radical (unpaired) electrons. The molecule has 3 N–H and O–H groups in total. The number of carbonyl (C=O) groups excluding carboxylic acids is 1. The van der Waals surface area contributed by atoms with Gasteiger partial charge in [0.15, 0.2) is 0 Å². The van der Waals surface area contributed by atoms with Crippen molar-refractivity contribution >= 4 is 12.0 Å². The smallest absolute Gasteiger partial charge is 0.326 e. The number of imidazole rings is 1. The van der Waals surface area contributed by atoms with Gasteiger partial charge in [0, 0.05) is 31.4 Å². The van der Waals surface area contributed by atoms with E-state index in [1.54, 1.807) is 11.1 Å². The van der Waals surface area contributed by atoms with Gasteiger partial charge in [0.25, 0.3) is 0 Å². The molecule has 21 heavy (non-hydrogen) atoms. The Balaban J connectivity index is 1.91. The Labute approximate surface area is 123 Å². The number of likely N-dealkylation sites (tertiary alicyclic amines) is 1. The first-order valence-corrected chi connectivity index (χ1v) is 7.42. The number of carbonyl (C=O) groups is 2. The third kappa shape index (κ3) is 4.77. The van der Waals surface area contributed by atoms with Gasteiger partial charge in [0.05, 0.1) is 6.33 Å². The largest absolute Gasteiger partial charge is 0.480 e. The van der Waals surface area contributed by atoms with Crippen molar-refractivity contribution in [3.63, 3.8) is 0 Å². The number of aromatic amines is 1. The van der Waals surface area contributed by atoms with Crippen molar-refractivity contribution in [2.75, 3.05) is 13.1 Å². The van der Waals surface area contributed by atoms with E-state index < -0.39 is 12.0 Å². The minimum absolute atomic E-state index is 0.203. The Morgan fingerprint density at radius 1 is 1.29 bits per heavy atom. The van der Waals surface area contributed by atoms with E-state index in [4.69, 9.17) is 0 Å². The summed E-state index contributed by atoms with van der Waals surface area (Å²) in [5, 5.41) is 11.9. The summed E-state index contributed by atoms with van der Waals surface area (Å²) in [6.07, 6.45) is 8.69. The highest BCUT2D eigenvalue weighted by atomic mass is 16.4. The van der Waals surface area contributed by atoms with Crippen molar-refractivity contribution in [2.45, 2.75) is 44.6 Å². The molecule has 0 aromatic carbocycles. The highest BCUT2D eigenvalue weighted by Gasteiger charge is 2.24. The van der Waals surface area contributed by atoms with E-state index in [-0.39, 0.29) is 12.5 Å². The molecule has 0 saturated carbocycles. The van der Waals surface area contributed by atoms with Crippen molar-refractivity contribution in [3.8, 4) is 0 Å². The Morgan fingerprint density at radius 3 is 2.52 bits per heavy atom. The lowest BCUT2D eigenvalue weighted by atomic mass is 10.1. The van der Waals surface area contributed by atoms with Crippen LogP contribution in [0.1, 0.15) is 37.8 Å². The maximum Gasteiger partial charge on any atom is 0.326 e. The Bertz CT molecular complexity index is 453. The second-order valence-corrected chi connectivity index (χ2v) is 5.38. The molecule has 1 aliphatic heterocycles. The molecule has 2 rings (SSSR count). The Morgan fingerprint density at radius 2 is 1.95 bits per heavy atom. The van der Waals surface area contributed by atoms with E-state index in [0.29, 0.717) is 18.8 Å². The standard InChI is InChI=1S/C14H22N4O3/c19-13(20)12(8-11-9-15-10-16-11)17-14(21)18-6-4-2-1-3-5-7-18/h9-10,12H,1-8H2,(H,15,16)(H,17,21)(H,19,20)/t12-/m1/s1. The van der Waals surface area contributed by atoms with Crippen LogP contribution < -0.4 is 5.32 Å². The highest BCUT2D eigenvalue weighted by molar-refractivity contribution is 5.82. The number of urea groups is 1. The number of rotatable bonds is 4. The van der Waals surface area contributed by atoms with Gasteiger partial charge in [-0.05, 0) is 12.8 Å². The molecule has 1 saturated heterocycles. The van der Waals surface area contributed by atoms with Crippen molar-refractivity contribution < 1.29 is 14.7 Å². The average Bonchev–Trinajstić information content (AvgIpc) is 2.90. The molecule has 1 aromatic heterocycles. The lowest BCUT2D eigenvalue weighted by molar-refractivity contribution is -0.139. The van der Waals surface area contributed by atoms with Gasteiger partial charge >= 0.3 is 12.0 Å². The van der Waals surface area contributed by atoms with Gasteiger partial charge < -0.3 is 20.3 Å². The van der Waals surface area contributed by atoms with Gasteiger partial charge in [-0.1, -0.05) is 19.3 Å². The summed E-state index contributed by atoms with van der Waals surface area (Å²) in [5.41, 5.74) is 0.690. The van der Waals surface area contributed by atoms with E-state index >= 15 is 0 Å². The normalized spacial score (nSPS) is 17.6. The summed E-state index contributed by atoms with van der Waals surface area (Å²) >= 11 is 0. The van der Waals surface area contributed by atoms with Gasteiger partial charge in [0.2, 0.25) is 0 Å². The summed E-state index contributed by atoms with van der Waals surface area (Å²) in [4.78, 5) is 32.0. The fraction of sp³-hybridized carbons (Fsp3) is 0.643. The van der Waals surface area contributed by atoms with Gasteiger partial charge in [-0.2, -0.15) is 0 Å². The third-order valence-corrected chi connectivity index (χ3v) is 3.72. The molecule has 1 aliphatic rings. The van der Waals surface area contributed by atoms with Crippen LogP contribution in [-0.4, -0.2) is 51.1 Å². The molecule has 0 aliphatic carbocycles. The number of nitrogens with one attached hydrogen (secondary N) is 2. The molecule has 0 spiro atoms. The van der Waals surface area contributed by atoms with E-state index in [9.17, 15) is 14.7 Å². The van der Waals surface area contributed by atoms with Crippen LogP contribution in [-0.2, 0) is 11.2 Å². The SMILES string of the molecule is O=C(O)[C@@H](Cc1cnc[nH]1)NC(=O)N1CCCCCCC1. The molecular formula is C14H22N4O3. The highest BCUT2D eigenvalue weighted by Crippen LogP contribution is 2.11. The van der Waals surface area contributed by atoms with Crippen molar-refractivity contribution in [1.29, 1.82) is 0 Å². The van der Waals surface area contributed by atoms with Crippen LogP contribution in [0.4, 0.5) is 4.79 Å². The number of aliphatic carboxylic acids is 1. The molecule has 2 amide bonds. The number of aromatic nitrogens is 2. The molecule has 1 fully saturated rings. The van der Waals surface area contributed by atoms with Crippen LogP contribution in [0.5, 0.6) is 0 Å². The number of hydrogen-bond acceptors (Lipinski definition) is 3. The summed E-state index contributed by atoms with van der Waals surface area (Å²) in [5.74, 6) is -1.04. The maximum atomic E-state index is 12.2. The number of H-pyrrole nitrogens is 1. The van der Waals surface area contributed by atoms with Gasteiger partial charge in [0.1, 0.15) is 6.04 Å². The van der Waals surface area contributed by atoms with Crippen LogP contribution in [0.25, 0.3) is 0 Å². The van der Waals surface area contributed by atoms with E-state index in [1.165, 1.54) is 12.7 Å². The van der Waals surface area contributed by atoms with Crippen LogP contribution >= 0.6 is 0 Å². The lowest BCUT2D eigenvalue weighted by Gasteiger charge is -2.26. The summed E-state index contributed by atoms with van der Waals surface area (Å²) < 4.78 is 0. The molecule has 1 atom stereocenters. The minimum Gasteiger partial charge on any atom is -0.480 e. The second kappa shape index (κ2) is 7.66. The van der Waals surface area contributed by atoms with Crippen LogP contribution in [0.2, 0.25) is 0 Å². The van der Waals surface area contributed by atoms with Crippen LogP contribution in [0.15, 0.2) is 12.5 Å². The Hall–Kier alpha value is -2.05. The molecule has 7 nitrogen and oxygen atoms in total. The van der Waals surface area contributed by atoms with Gasteiger partial charge in [-0.15, -0.1) is 0 Å². The maximum absolute atomic E-state index is 12.2. The fourth-order valence-electron chi connectivity index (χ4n) is 2.51. The van der Waals surface area contributed by atoms with Crippen LogP contribution in [0, 0.1) is 0 Å². The van der Waals surface area contributed by atoms with E-state index in [1.807, 2.05) is 0 Å². The average molecular weight is 294 g/mol.